The summed E-state index contributed by atoms with van der Waals surface area (Å²) in [6.07, 6.45) is 4.48. The van der Waals surface area contributed by atoms with Crippen LogP contribution in [0.5, 0.6) is 0 Å². The van der Waals surface area contributed by atoms with Crippen molar-refractivity contribution in [1.29, 1.82) is 0 Å². The van der Waals surface area contributed by atoms with Gasteiger partial charge in [-0.2, -0.15) is 0 Å². The van der Waals surface area contributed by atoms with Crippen molar-refractivity contribution in [3.8, 4) is 0 Å². The minimum Gasteiger partial charge on any atom is -0.436 e. The highest BCUT2D eigenvalue weighted by molar-refractivity contribution is 6.33. The van der Waals surface area contributed by atoms with Gasteiger partial charge in [-0.3, -0.25) is 19.2 Å². The second-order valence-corrected chi connectivity index (χ2v) is 13.9. The van der Waals surface area contributed by atoms with Gasteiger partial charge in [-0.15, -0.1) is 0 Å². The molecule has 3 aliphatic rings. The molecule has 7 rings (SSSR count). The number of para-hydroxylation sites is 1. The first-order valence-electron chi connectivity index (χ1n) is 17.5. The molecule has 0 bridgehead atoms. The van der Waals surface area contributed by atoms with Gasteiger partial charge >= 0.3 is 11.8 Å². The van der Waals surface area contributed by atoms with Crippen LogP contribution in [0.1, 0.15) is 49.8 Å². The maximum atomic E-state index is 14.1. The van der Waals surface area contributed by atoms with Gasteiger partial charge in [-0.05, 0) is 68.5 Å². The fourth-order valence-electron chi connectivity index (χ4n) is 7.81. The number of pyridine rings is 1. The number of fused-ring (bicyclic) bond motifs is 3. The number of nitrogen functional groups attached to an aromatic ring is 1. The smallest absolute Gasteiger partial charge is 0.410 e. The third-order valence-electron chi connectivity index (χ3n) is 10.6. The topological polar surface area (TPSA) is 142 Å². The number of amides is 2. The van der Waals surface area contributed by atoms with E-state index in [-0.39, 0.29) is 24.1 Å². The normalized spacial score (nSPS) is 19.1. The summed E-state index contributed by atoms with van der Waals surface area (Å²) in [5.41, 5.74) is 10.6. The number of ether oxygens (including phenoxy) is 1. The molecule has 12 nitrogen and oxygen atoms in total. The monoisotopic (exact) mass is 688 g/mol. The molecule has 13 heteroatoms. The molecule has 0 unspecified atom stereocenters. The quantitative estimate of drug-likeness (QED) is 0.248. The zero-order valence-corrected chi connectivity index (χ0v) is 28.8. The number of piperazine rings is 1. The van der Waals surface area contributed by atoms with Crippen LogP contribution in [0.15, 0.2) is 47.4 Å². The Morgan fingerprint density at radius 2 is 1.73 bits per heavy atom. The van der Waals surface area contributed by atoms with Crippen molar-refractivity contribution in [1.82, 2.24) is 34.6 Å². The molecule has 4 aromatic rings. The first-order chi connectivity index (χ1) is 23.8. The summed E-state index contributed by atoms with van der Waals surface area (Å²) in [4.78, 5) is 54.5. The Labute approximate surface area is 290 Å². The minimum atomic E-state index is -1.00. The predicted molar refractivity (Wildman–Crippen MR) is 191 cm³/mol. The lowest BCUT2D eigenvalue weighted by molar-refractivity contribution is -0.143. The third-order valence-corrected chi connectivity index (χ3v) is 10.9. The average Bonchev–Trinajstić information content (AvgIpc) is 3.49. The second-order valence-electron chi connectivity index (χ2n) is 13.5. The Bertz CT molecular complexity index is 1890. The van der Waals surface area contributed by atoms with Crippen molar-refractivity contribution in [3.05, 3.63) is 69.2 Å². The molecule has 5 heterocycles. The molecular formula is C36H45ClN8O4. The molecule has 0 saturated carbocycles. The number of carbonyl (C=O) groups excluding carboxylic acids is 2. The fourth-order valence-corrected chi connectivity index (χ4v) is 8.07. The van der Waals surface area contributed by atoms with E-state index < -0.39 is 12.2 Å². The molecule has 260 valence electrons. The molecule has 3 aliphatic heterocycles. The zero-order chi connectivity index (χ0) is 34.1. The molecule has 2 aromatic carbocycles. The number of aromatic nitrogens is 3. The van der Waals surface area contributed by atoms with Crippen LogP contribution >= 0.6 is 11.6 Å². The number of hydrogen-bond donors (Lipinski definition) is 3. The lowest BCUT2D eigenvalue weighted by atomic mass is 10.0. The first kappa shape index (κ1) is 33.4. The summed E-state index contributed by atoms with van der Waals surface area (Å²) in [6.45, 7) is 7.63. The molecule has 0 aliphatic carbocycles. The van der Waals surface area contributed by atoms with E-state index in [1.54, 1.807) is 21.7 Å². The second kappa shape index (κ2) is 14.4. The van der Waals surface area contributed by atoms with Gasteiger partial charge in [0.1, 0.15) is 0 Å². The van der Waals surface area contributed by atoms with E-state index in [0.717, 1.165) is 72.1 Å². The van der Waals surface area contributed by atoms with E-state index in [1.165, 1.54) is 0 Å². The number of hydrogen-bond acceptors (Lipinski definition) is 8. The van der Waals surface area contributed by atoms with Crippen LogP contribution in [0, 0.1) is 0 Å². The number of likely N-dealkylation sites (tertiary alicyclic amines) is 1. The van der Waals surface area contributed by atoms with Gasteiger partial charge in [0.05, 0.1) is 33.5 Å². The highest BCUT2D eigenvalue weighted by Crippen LogP contribution is 2.30. The molecule has 0 spiro atoms. The first-order valence-corrected chi connectivity index (χ1v) is 17.9. The van der Waals surface area contributed by atoms with Gasteiger partial charge in [0, 0.05) is 63.2 Å². The lowest BCUT2D eigenvalue weighted by Gasteiger charge is -2.41. The van der Waals surface area contributed by atoms with Gasteiger partial charge in [0.2, 0.25) is 0 Å². The molecule has 4 N–H and O–H groups in total. The Morgan fingerprint density at radius 1 is 1.00 bits per heavy atom. The number of piperidine rings is 2. The van der Waals surface area contributed by atoms with Gasteiger partial charge < -0.3 is 30.6 Å². The Morgan fingerprint density at radius 3 is 2.47 bits per heavy atom. The number of carbonyl (C=O) groups is 2. The summed E-state index contributed by atoms with van der Waals surface area (Å²) in [5, 5.41) is 4.75. The predicted octanol–water partition coefficient (Wildman–Crippen LogP) is 3.96. The van der Waals surface area contributed by atoms with Crippen molar-refractivity contribution in [2.75, 3.05) is 58.1 Å². The van der Waals surface area contributed by atoms with Crippen molar-refractivity contribution in [2.24, 2.45) is 0 Å². The van der Waals surface area contributed by atoms with Gasteiger partial charge in [-0.25, -0.2) is 9.59 Å². The van der Waals surface area contributed by atoms with Crippen molar-refractivity contribution >= 4 is 51.2 Å². The standard InChI is InChI=1S/C36H45ClN8O4/c1-2-24-19-23(20-28(37)32(24)38)21-31(34(46)43-17-15-42(16-18-43)25-7-11-39-12-8-25)49-36(48)44-13-9-26(10-14-44)45-30-22-40-29-6-4-3-5-27(29)33(30)41-35(45)47/h3-6,19-20,22,25-26,31,39H,2,7-18,21,38H2,1H3,(H,41,47)/t31-/m1/s1. The summed E-state index contributed by atoms with van der Waals surface area (Å²) in [7, 11) is 0. The number of nitrogens with one attached hydrogen (secondary N) is 2. The number of nitrogens with zero attached hydrogens (tertiary/aromatic N) is 5. The Kier molecular flexibility index (Phi) is 9.80. The largest absolute Gasteiger partial charge is 0.436 e. The van der Waals surface area contributed by atoms with E-state index in [2.05, 4.69) is 20.2 Å². The highest BCUT2D eigenvalue weighted by Gasteiger charge is 2.35. The average molecular weight is 689 g/mol. The number of anilines is 1. The van der Waals surface area contributed by atoms with Crippen molar-refractivity contribution < 1.29 is 14.3 Å². The van der Waals surface area contributed by atoms with Crippen LogP contribution in [0.4, 0.5) is 10.5 Å². The number of aromatic amines is 1. The maximum Gasteiger partial charge on any atom is 0.410 e. The van der Waals surface area contributed by atoms with E-state index in [4.69, 9.17) is 22.1 Å². The third kappa shape index (κ3) is 6.86. The number of benzene rings is 2. The van der Waals surface area contributed by atoms with Gasteiger partial charge in [0.15, 0.2) is 6.10 Å². The molecular weight excluding hydrogens is 644 g/mol. The molecule has 2 amide bonds. The summed E-state index contributed by atoms with van der Waals surface area (Å²) in [6, 6.07) is 11.9. The van der Waals surface area contributed by atoms with Crippen molar-refractivity contribution in [2.45, 2.75) is 63.6 Å². The van der Waals surface area contributed by atoms with E-state index in [0.29, 0.717) is 62.2 Å². The molecule has 1 atom stereocenters. The zero-order valence-electron chi connectivity index (χ0n) is 28.0. The molecule has 0 radical (unpaired) electrons. The Hall–Kier alpha value is -4.13. The van der Waals surface area contributed by atoms with Gasteiger partial charge in [-0.1, -0.05) is 42.8 Å². The van der Waals surface area contributed by atoms with Crippen LogP contribution in [0.25, 0.3) is 21.9 Å². The van der Waals surface area contributed by atoms with Crippen LogP contribution < -0.4 is 16.7 Å². The number of rotatable bonds is 7. The number of imidazole rings is 1. The molecule has 3 saturated heterocycles. The number of nitrogens with two attached hydrogens (primary N) is 1. The summed E-state index contributed by atoms with van der Waals surface area (Å²) >= 11 is 6.48. The van der Waals surface area contributed by atoms with E-state index in [1.807, 2.05) is 42.2 Å². The summed E-state index contributed by atoms with van der Waals surface area (Å²) < 4.78 is 7.85. The number of aryl methyl sites for hydroxylation is 1. The minimum absolute atomic E-state index is 0.105. The van der Waals surface area contributed by atoms with Crippen LogP contribution in [-0.2, 0) is 22.4 Å². The fraction of sp³-hybridized carbons (Fsp3) is 0.500. The van der Waals surface area contributed by atoms with Crippen LogP contribution in [-0.4, -0.2) is 106 Å². The molecule has 3 fully saturated rings. The van der Waals surface area contributed by atoms with E-state index >= 15 is 0 Å². The van der Waals surface area contributed by atoms with Crippen LogP contribution in [0.2, 0.25) is 5.02 Å². The molecule has 49 heavy (non-hydrogen) atoms. The van der Waals surface area contributed by atoms with Crippen molar-refractivity contribution in [3.63, 3.8) is 0 Å². The molecule has 2 aromatic heterocycles. The SMILES string of the molecule is CCc1cc(C[C@@H](OC(=O)N2CCC(n3c(=O)[nH]c4c5ccccc5ncc43)CC2)C(=O)N2CCN(C3CCNCC3)CC2)cc(Cl)c1N. The van der Waals surface area contributed by atoms with Gasteiger partial charge in [0.25, 0.3) is 5.91 Å². The maximum absolute atomic E-state index is 14.1. The summed E-state index contributed by atoms with van der Waals surface area (Å²) in [5.74, 6) is -0.190. The highest BCUT2D eigenvalue weighted by atomic mass is 35.5. The lowest BCUT2D eigenvalue weighted by Crippen LogP contribution is -2.56. The van der Waals surface area contributed by atoms with Crippen LogP contribution in [0.3, 0.4) is 0 Å². The Balaban J connectivity index is 1.05. The number of H-pyrrole nitrogens is 1. The van der Waals surface area contributed by atoms with E-state index in [9.17, 15) is 14.4 Å². The number of halogens is 1.